The molecule has 1 atom stereocenters. The van der Waals surface area contributed by atoms with Gasteiger partial charge in [0.05, 0.1) is 6.07 Å². The van der Waals surface area contributed by atoms with Crippen LogP contribution < -0.4 is 5.32 Å². The first kappa shape index (κ1) is 9.85. The molecule has 1 aliphatic carbocycles. The summed E-state index contributed by atoms with van der Waals surface area (Å²) < 4.78 is 0. The first-order valence-electron chi connectivity index (χ1n) is 5.08. The van der Waals surface area contributed by atoms with Crippen molar-refractivity contribution in [3.8, 4) is 6.07 Å². The molecule has 76 valence electrons. The van der Waals surface area contributed by atoms with Gasteiger partial charge in [-0.25, -0.2) is 0 Å². The summed E-state index contributed by atoms with van der Waals surface area (Å²) in [5.74, 6) is 1.16. The van der Waals surface area contributed by atoms with E-state index in [-0.39, 0.29) is 5.91 Å². The fraction of sp³-hybridized carbons (Fsp3) is 0.800. The molecule has 0 bridgehead atoms. The van der Waals surface area contributed by atoms with Gasteiger partial charge in [-0.3, -0.25) is 4.79 Å². The van der Waals surface area contributed by atoms with Crippen LogP contribution in [0.4, 0.5) is 0 Å². The van der Waals surface area contributed by atoms with Gasteiger partial charge in [0, 0.05) is 11.8 Å². The van der Waals surface area contributed by atoms with E-state index in [2.05, 4.69) is 11.4 Å². The molecule has 1 saturated heterocycles. The molecular weight excluding hydrogens is 196 g/mol. The number of hydrogen-bond donors (Lipinski definition) is 1. The fourth-order valence-electron chi connectivity index (χ4n) is 1.70. The maximum Gasteiger partial charge on any atom is 0.240 e. The first-order valence-corrected chi connectivity index (χ1v) is 6.13. The van der Waals surface area contributed by atoms with Crippen LogP contribution in [-0.2, 0) is 4.79 Å². The summed E-state index contributed by atoms with van der Waals surface area (Å²) in [5.41, 5.74) is -0.650. The fourth-order valence-corrected chi connectivity index (χ4v) is 2.90. The summed E-state index contributed by atoms with van der Waals surface area (Å²) in [6.07, 6.45) is 3.94. The molecule has 1 N–H and O–H groups in total. The van der Waals surface area contributed by atoms with Crippen molar-refractivity contribution in [2.75, 3.05) is 12.3 Å². The minimum atomic E-state index is -0.650. The van der Waals surface area contributed by atoms with Crippen LogP contribution in [0.2, 0.25) is 0 Å². The average Bonchev–Trinajstić information content (AvgIpc) is 2.84. The summed E-state index contributed by atoms with van der Waals surface area (Å²) in [5, 5.41) is 12.3. The van der Waals surface area contributed by atoms with Gasteiger partial charge in [-0.2, -0.15) is 17.0 Å². The number of nitrogens with one attached hydrogen (secondary N) is 1. The van der Waals surface area contributed by atoms with E-state index in [0.717, 1.165) is 19.4 Å². The van der Waals surface area contributed by atoms with Gasteiger partial charge >= 0.3 is 0 Å². The van der Waals surface area contributed by atoms with Crippen molar-refractivity contribution in [1.82, 2.24) is 5.32 Å². The van der Waals surface area contributed by atoms with E-state index < -0.39 is 5.41 Å². The maximum atomic E-state index is 11.6. The van der Waals surface area contributed by atoms with Gasteiger partial charge in [-0.05, 0) is 31.4 Å². The van der Waals surface area contributed by atoms with Crippen molar-refractivity contribution in [3.63, 3.8) is 0 Å². The van der Waals surface area contributed by atoms with Gasteiger partial charge in [0.2, 0.25) is 5.91 Å². The van der Waals surface area contributed by atoms with E-state index in [1.165, 1.54) is 18.6 Å². The van der Waals surface area contributed by atoms with Crippen LogP contribution in [-0.4, -0.2) is 23.5 Å². The van der Waals surface area contributed by atoms with Crippen LogP contribution in [0.5, 0.6) is 0 Å². The molecule has 1 aliphatic heterocycles. The van der Waals surface area contributed by atoms with Crippen LogP contribution in [0, 0.1) is 16.7 Å². The Morgan fingerprint density at radius 2 is 2.43 bits per heavy atom. The molecule has 1 unspecified atom stereocenters. The quantitative estimate of drug-likeness (QED) is 0.764. The Balaban J connectivity index is 1.75. The van der Waals surface area contributed by atoms with Crippen molar-refractivity contribution >= 4 is 17.7 Å². The van der Waals surface area contributed by atoms with Crippen molar-refractivity contribution in [2.45, 2.75) is 30.9 Å². The lowest BCUT2D eigenvalue weighted by molar-refractivity contribution is -0.124. The SMILES string of the molecule is N#CC1(C(=O)NCC2CCCS2)CC1. The highest BCUT2D eigenvalue weighted by Crippen LogP contribution is 2.45. The normalized spacial score (nSPS) is 28.1. The zero-order chi connectivity index (χ0) is 10.0. The van der Waals surface area contributed by atoms with Crippen LogP contribution in [0.1, 0.15) is 25.7 Å². The smallest absolute Gasteiger partial charge is 0.240 e. The topological polar surface area (TPSA) is 52.9 Å². The number of carbonyl (C=O) groups is 1. The Morgan fingerprint density at radius 3 is 2.93 bits per heavy atom. The molecule has 0 spiro atoms. The third-order valence-corrected chi connectivity index (χ3v) is 4.31. The predicted octanol–water partition coefficient (Wildman–Crippen LogP) is 1.30. The molecule has 2 fully saturated rings. The Morgan fingerprint density at radius 1 is 1.64 bits per heavy atom. The molecule has 4 heteroatoms. The number of amides is 1. The number of nitrogens with zero attached hydrogens (tertiary/aromatic N) is 1. The summed E-state index contributed by atoms with van der Waals surface area (Å²) >= 11 is 1.93. The zero-order valence-electron chi connectivity index (χ0n) is 8.08. The monoisotopic (exact) mass is 210 g/mol. The largest absolute Gasteiger partial charge is 0.354 e. The minimum absolute atomic E-state index is 0.0486. The number of nitriles is 1. The second-order valence-corrected chi connectivity index (χ2v) is 5.45. The van der Waals surface area contributed by atoms with E-state index in [0.29, 0.717) is 5.25 Å². The van der Waals surface area contributed by atoms with Gasteiger partial charge in [-0.15, -0.1) is 0 Å². The molecule has 0 aromatic rings. The number of carbonyl (C=O) groups excluding carboxylic acids is 1. The summed E-state index contributed by atoms with van der Waals surface area (Å²) in [7, 11) is 0. The van der Waals surface area contributed by atoms with Gasteiger partial charge < -0.3 is 5.32 Å². The van der Waals surface area contributed by atoms with Gasteiger partial charge in [0.15, 0.2) is 0 Å². The highest BCUT2D eigenvalue weighted by Gasteiger charge is 2.50. The minimum Gasteiger partial charge on any atom is -0.354 e. The van der Waals surface area contributed by atoms with Crippen LogP contribution in [0.15, 0.2) is 0 Å². The Kier molecular flexibility index (Phi) is 2.69. The van der Waals surface area contributed by atoms with Crippen molar-refractivity contribution in [2.24, 2.45) is 5.41 Å². The Hall–Kier alpha value is -0.690. The number of rotatable bonds is 3. The lowest BCUT2D eigenvalue weighted by Crippen LogP contribution is -2.35. The Labute approximate surface area is 88.2 Å². The predicted molar refractivity (Wildman–Crippen MR) is 55.8 cm³/mol. The maximum absolute atomic E-state index is 11.6. The Bertz CT molecular complexity index is 274. The summed E-state index contributed by atoms with van der Waals surface area (Å²) in [6, 6.07) is 2.11. The number of hydrogen-bond acceptors (Lipinski definition) is 3. The lowest BCUT2D eigenvalue weighted by Gasteiger charge is -2.11. The van der Waals surface area contributed by atoms with E-state index >= 15 is 0 Å². The van der Waals surface area contributed by atoms with E-state index in [4.69, 9.17) is 5.26 Å². The zero-order valence-corrected chi connectivity index (χ0v) is 8.90. The van der Waals surface area contributed by atoms with Gasteiger partial charge in [0.1, 0.15) is 5.41 Å². The lowest BCUT2D eigenvalue weighted by atomic mass is 10.1. The highest BCUT2D eigenvalue weighted by molar-refractivity contribution is 8.00. The van der Waals surface area contributed by atoms with E-state index in [9.17, 15) is 4.79 Å². The van der Waals surface area contributed by atoms with Crippen molar-refractivity contribution in [3.05, 3.63) is 0 Å². The average molecular weight is 210 g/mol. The van der Waals surface area contributed by atoms with Crippen LogP contribution >= 0.6 is 11.8 Å². The van der Waals surface area contributed by atoms with Crippen molar-refractivity contribution < 1.29 is 4.79 Å². The summed E-state index contributed by atoms with van der Waals surface area (Å²) in [6.45, 7) is 0.743. The number of thioether (sulfide) groups is 1. The molecule has 0 aromatic heterocycles. The van der Waals surface area contributed by atoms with Crippen molar-refractivity contribution in [1.29, 1.82) is 5.26 Å². The standard InChI is InChI=1S/C10H14N2OS/c11-7-10(3-4-10)9(13)12-6-8-2-1-5-14-8/h8H,1-6H2,(H,12,13). The molecule has 0 radical (unpaired) electrons. The second-order valence-electron chi connectivity index (χ2n) is 4.04. The van der Waals surface area contributed by atoms with E-state index in [1.54, 1.807) is 0 Å². The molecule has 2 rings (SSSR count). The third-order valence-electron chi connectivity index (χ3n) is 2.91. The van der Waals surface area contributed by atoms with Gasteiger partial charge in [-0.1, -0.05) is 0 Å². The molecule has 2 aliphatic rings. The molecular formula is C10H14N2OS. The molecule has 0 aromatic carbocycles. The second kappa shape index (κ2) is 3.82. The molecule has 3 nitrogen and oxygen atoms in total. The molecule has 1 saturated carbocycles. The molecule has 14 heavy (non-hydrogen) atoms. The van der Waals surface area contributed by atoms with Gasteiger partial charge in [0.25, 0.3) is 0 Å². The molecule has 1 heterocycles. The van der Waals surface area contributed by atoms with Crippen LogP contribution in [0.3, 0.4) is 0 Å². The third kappa shape index (κ3) is 1.88. The van der Waals surface area contributed by atoms with Crippen LogP contribution in [0.25, 0.3) is 0 Å². The summed E-state index contributed by atoms with van der Waals surface area (Å²) in [4.78, 5) is 11.6. The van der Waals surface area contributed by atoms with E-state index in [1.807, 2.05) is 11.8 Å². The molecule has 1 amide bonds. The first-order chi connectivity index (χ1) is 6.77. The highest BCUT2D eigenvalue weighted by atomic mass is 32.2.